The van der Waals surface area contributed by atoms with Gasteiger partial charge in [-0.2, -0.15) is 0 Å². The molecule has 2 saturated carbocycles. The fraction of sp³-hybridized carbons (Fsp3) is 0.647. The van der Waals surface area contributed by atoms with Crippen LogP contribution in [0, 0.1) is 17.8 Å². The molecule has 0 aromatic carbocycles. The van der Waals surface area contributed by atoms with Crippen LogP contribution in [0.2, 0.25) is 0 Å². The van der Waals surface area contributed by atoms with Crippen molar-refractivity contribution in [2.24, 2.45) is 17.8 Å². The lowest BCUT2D eigenvalue weighted by Crippen LogP contribution is -2.39. The highest BCUT2D eigenvalue weighted by molar-refractivity contribution is 5.79. The summed E-state index contributed by atoms with van der Waals surface area (Å²) >= 11 is 0. The Kier molecular flexibility index (Phi) is 4.04. The number of pyridine rings is 1. The zero-order chi connectivity index (χ0) is 13.9. The molecule has 0 saturated heterocycles. The molecular formula is C17H24N2O. The number of amides is 1. The summed E-state index contributed by atoms with van der Waals surface area (Å²) in [5.41, 5.74) is 1.26. The van der Waals surface area contributed by atoms with Gasteiger partial charge in [0.15, 0.2) is 0 Å². The lowest BCUT2D eigenvalue weighted by Gasteiger charge is -2.28. The first-order valence-electron chi connectivity index (χ1n) is 7.95. The van der Waals surface area contributed by atoms with E-state index < -0.39 is 0 Å². The molecule has 0 aliphatic heterocycles. The summed E-state index contributed by atoms with van der Waals surface area (Å²) in [6, 6.07) is 4.08. The van der Waals surface area contributed by atoms with Crippen LogP contribution in [0.4, 0.5) is 0 Å². The standard InChI is InChI=1S/C17H24N2O/c1-2-19(10-7-13-5-8-18-9-6-13)17(20)16-12-14-3-4-15(16)11-14/h5-6,8-9,14-16H,2-4,7,10-12H2,1H3. The van der Waals surface area contributed by atoms with Crippen LogP contribution in [-0.4, -0.2) is 28.9 Å². The molecule has 3 heteroatoms. The quantitative estimate of drug-likeness (QED) is 0.825. The maximum Gasteiger partial charge on any atom is 0.225 e. The van der Waals surface area contributed by atoms with Crippen LogP contribution in [-0.2, 0) is 11.2 Å². The van der Waals surface area contributed by atoms with E-state index in [9.17, 15) is 4.79 Å². The second-order valence-electron chi connectivity index (χ2n) is 6.30. The molecule has 2 fully saturated rings. The molecule has 1 aromatic rings. The molecule has 1 amide bonds. The van der Waals surface area contributed by atoms with E-state index in [0.29, 0.717) is 17.7 Å². The lowest BCUT2D eigenvalue weighted by molar-refractivity contribution is -0.137. The summed E-state index contributed by atoms with van der Waals surface area (Å²) in [5, 5.41) is 0. The number of fused-ring (bicyclic) bond motifs is 2. The van der Waals surface area contributed by atoms with Gasteiger partial charge >= 0.3 is 0 Å². The van der Waals surface area contributed by atoms with E-state index in [1.807, 2.05) is 24.5 Å². The van der Waals surface area contributed by atoms with E-state index in [1.165, 1.54) is 24.8 Å². The van der Waals surface area contributed by atoms with Crippen LogP contribution < -0.4 is 0 Å². The van der Waals surface area contributed by atoms with Gasteiger partial charge in [0.05, 0.1) is 0 Å². The number of nitrogens with zero attached hydrogens (tertiary/aromatic N) is 2. The van der Waals surface area contributed by atoms with Gasteiger partial charge in [-0.3, -0.25) is 9.78 Å². The number of rotatable bonds is 5. The van der Waals surface area contributed by atoms with Crippen molar-refractivity contribution in [3.8, 4) is 0 Å². The zero-order valence-corrected chi connectivity index (χ0v) is 12.3. The van der Waals surface area contributed by atoms with E-state index in [2.05, 4.69) is 16.8 Å². The highest BCUT2D eigenvalue weighted by Crippen LogP contribution is 2.48. The third-order valence-electron chi connectivity index (χ3n) is 5.17. The summed E-state index contributed by atoms with van der Waals surface area (Å²) in [4.78, 5) is 18.8. The second-order valence-corrected chi connectivity index (χ2v) is 6.30. The monoisotopic (exact) mass is 272 g/mol. The molecule has 3 rings (SSSR count). The summed E-state index contributed by atoms with van der Waals surface area (Å²) < 4.78 is 0. The second kappa shape index (κ2) is 5.94. The van der Waals surface area contributed by atoms with Crippen molar-refractivity contribution in [3.05, 3.63) is 30.1 Å². The van der Waals surface area contributed by atoms with Crippen molar-refractivity contribution < 1.29 is 4.79 Å². The van der Waals surface area contributed by atoms with E-state index >= 15 is 0 Å². The van der Waals surface area contributed by atoms with E-state index in [1.54, 1.807) is 0 Å². The first kappa shape index (κ1) is 13.6. The van der Waals surface area contributed by atoms with Crippen LogP contribution in [0.15, 0.2) is 24.5 Å². The van der Waals surface area contributed by atoms with Crippen molar-refractivity contribution in [2.45, 2.75) is 39.0 Å². The number of carbonyl (C=O) groups excluding carboxylic acids is 1. The van der Waals surface area contributed by atoms with Crippen molar-refractivity contribution in [1.29, 1.82) is 0 Å². The Morgan fingerprint density at radius 3 is 2.70 bits per heavy atom. The van der Waals surface area contributed by atoms with Crippen LogP contribution in [0.1, 0.15) is 38.2 Å². The van der Waals surface area contributed by atoms with Gasteiger partial charge in [-0.05, 0) is 62.1 Å². The van der Waals surface area contributed by atoms with Gasteiger partial charge in [0.25, 0.3) is 0 Å². The molecule has 3 unspecified atom stereocenters. The summed E-state index contributed by atoms with van der Waals surface area (Å²) in [5.74, 6) is 2.26. The molecule has 20 heavy (non-hydrogen) atoms. The van der Waals surface area contributed by atoms with Crippen molar-refractivity contribution >= 4 is 5.91 Å². The predicted molar refractivity (Wildman–Crippen MR) is 79.1 cm³/mol. The van der Waals surface area contributed by atoms with Gasteiger partial charge in [-0.15, -0.1) is 0 Å². The van der Waals surface area contributed by atoms with Gasteiger partial charge in [0.2, 0.25) is 5.91 Å². The van der Waals surface area contributed by atoms with Crippen LogP contribution in [0.25, 0.3) is 0 Å². The van der Waals surface area contributed by atoms with Crippen LogP contribution in [0.5, 0.6) is 0 Å². The van der Waals surface area contributed by atoms with E-state index in [0.717, 1.165) is 31.8 Å². The molecule has 3 nitrogen and oxygen atoms in total. The minimum Gasteiger partial charge on any atom is -0.342 e. The topological polar surface area (TPSA) is 33.2 Å². The Hall–Kier alpha value is -1.38. The first-order valence-corrected chi connectivity index (χ1v) is 7.95. The van der Waals surface area contributed by atoms with Crippen LogP contribution >= 0.6 is 0 Å². The van der Waals surface area contributed by atoms with Gasteiger partial charge in [0.1, 0.15) is 0 Å². The highest BCUT2D eigenvalue weighted by Gasteiger charge is 2.44. The van der Waals surface area contributed by atoms with E-state index in [-0.39, 0.29) is 0 Å². The van der Waals surface area contributed by atoms with Crippen molar-refractivity contribution in [1.82, 2.24) is 9.88 Å². The molecule has 0 N–H and O–H groups in total. The zero-order valence-electron chi connectivity index (χ0n) is 12.3. The minimum atomic E-state index is 0.325. The molecular weight excluding hydrogens is 248 g/mol. The maximum atomic E-state index is 12.7. The highest BCUT2D eigenvalue weighted by atomic mass is 16.2. The van der Waals surface area contributed by atoms with Crippen molar-refractivity contribution in [2.75, 3.05) is 13.1 Å². The summed E-state index contributed by atoms with van der Waals surface area (Å²) in [6.45, 7) is 3.77. The molecule has 1 aromatic heterocycles. The maximum absolute atomic E-state index is 12.7. The average molecular weight is 272 g/mol. The van der Waals surface area contributed by atoms with E-state index in [4.69, 9.17) is 0 Å². The van der Waals surface area contributed by atoms with Gasteiger partial charge < -0.3 is 4.90 Å². The third-order valence-corrected chi connectivity index (χ3v) is 5.17. The number of hydrogen-bond acceptors (Lipinski definition) is 2. The lowest BCUT2D eigenvalue weighted by atomic mass is 9.87. The Labute approximate surface area is 121 Å². The molecule has 1 heterocycles. The fourth-order valence-corrected chi connectivity index (χ4v) is 4.02. The largest absolute Gasteiger partial charge is 0.342 e. The summed E-state index contributed by atoms with van der Waals surface area (Å²) in [7, 11) is 0. The molecule has 0 radical (unpaired) electrons. The molecule has 3 atom stereocenters. The summed E-state index contributed by atoms with van der Waals surface area (Å²) in [6.07, 6.45) is 9.67. The van der Waals surface area contributed by atoms with Gasteiger partial charge in [0, 0.05) is 31.4 Å². The molecule has 0 spiro atoms. The third kappa shape index (κ3) is 2.72. The Balaban J connectivity index is 1.57. The number of hydrogen-bond donors (Lipinski definition) is 0. The molecule has 108 valence electrons. The number of likely N-dealkylation sites (N-methyl/N-ethyl adjacent to an activating group) is 1. The Morgan fingerprint density at radius 2 is 2.10 bits per heavy atom. The minimum absolute atomic E-state index is 0.325. The average Bonchev–Trinajstić information content (AvgIpc) is 3.11. The normalized spacial score (nSPS) is 27.8. The van der Waals surface area contributed by atoms with Crippen LogP contribution in [0.3, 0.4) is 0 Å². The number of aromatic nitrogens is 1. The molecule has 2 bridgehead atoms. The predicted octanol–water partition coefficient (Wildman–Crippen LogP) is 2.91. The molecule has 2 aliphatic carbocycles. The Morgan fingerprint density at radius 1 is 1.30 bits per heavy atom. The molecule has 2 aliphatic rings. The first-order chi connectivity index (χ1) is 9.78. The number of carbonyl (C=O) groups is 1. The SMILES string of the molecule is CCN(CCc1ccncc1)C(=O)C1CC2CCC1C2. The Bertz CT molecular complexity index is 459. The smallest absolute Gasteiger partial charge is 0.225 e. The fourth-order valence-electron chi connectivity index (χ4n) is 4.02. The van der Waals surface area contributed by atoms with Gasteiger partial charge in [-0.1, -0.05) is 6.42 Å². The van der Waals surface area contributed by atoms with Gasteiger partial charge in [-0.25, -0.2) is 0 Å². The van der Waals surface area contributed by atoms with Crippen molar-refractivity contribution in [3.63, 3.8) is 0 Å².